The SMILES string of the molecule is Cc1nc2cc(C3CCC(C(F)(F)F)CC3)nn2c(C)c1C. The topological polar surface area (TPSA) is 30.2 Å². The van der Waals surface area contributed by atoms with E-state index >= 15 is 0 Å². The summed E-state index contributed by atoms with van der Waals surface area (Å²) in [4.78, 5) is 4.53. The van der Waals surface area contributed by atoms with Gasteiger partial charge in [-0.2, -0.15) is 18.3 Å². The molecule has 0 aromatic carbocycles. The molecule has 2 aromatic heterocycles. The first kappa shape index (κ1) is 15.3. The van der Waals surface area contributed by atoms with Gasteiger partial charge in [0.05, 0.1) is 11.6 Å². The first-order valence-electron chi connectivity index (χ1n) is 7.67. The Morgan fingerprint density at radius 3 is 2.32 bits per heavy atom. The summed E-state index contributed by atoms with van der Waals surface area (Å²) in [5.41, 5.74) is 4.77. The van der Waals surface area contributed by atoms with E-state index in [2.05, 4.69) is 10.1 Å². The summed E-state index contributed by atoms with van der Waals surface area (Å²) in [7, 11) is 0. The molecule has 0 unspecified atom stereocenters. The Morgan fingerprint density at radius 1 is 1.09 bits per heavy atom. The van der Waals surface area contributed by atoms with Crippen LogP contribution in [-0.2, 0) is 0 Å². The number of halogens is 3. The highest BCUT2D eigenvalue weighted by Crippen LogP contribution is 2.42. The van der Waals surface area contributed by atoms with E-state index in [9.17, 15) is 13.2 Å². The molecule has 2 heterocycles. The second-order valence-corrected chi connectivity index (χ2v) is 6.34. The smallest absolute Gasteiger partial charge is 0.234 e. The maximum absolute atomic E-state index is 12.8. The molecule has 0 amide bonds. The molecule has 1 saturated carbocycles. The lowest BCUT2D eigenvalue weighted by molar-refractivity contribution is -0.182. The number of alkyl halides is 3. The van der Waals surface area contributed by atoms with Crippen molar-refractivity contribution < 1.29 is 13.2 Å². The van der Waals surface area contributed by atoms with Gasteiger partial charge in [0, 0.05) is 23.4 Å². The average Bonchev–Trinajstić information content (AvgIpc) is 2.88. The van der Waals surface area contributed by atoms with Gasteiger partial charge in [-0.15, -0.1) is 0 Å². The molecule has 0 aliphatic heterocycles. The molecular weight excluding hydrogens is 291 g/mol. The quantitative estimate of drug-likeness (QED) is 0.776. The first-order valence-corrected chi connectivity index (χ1v) is 7.67. The largest absolute Gasteiger partial charge is 0.391 e. The van der Waals surface area contributed by atoms with Crippen molar-refractivity contribution in [1.29, 1.82) is 0 Å². The fourth-order valence-corrected chi connectivity index (χ4v) is 3.31. The molecule has 3 nitrogen and oxygen atoms in total. The zero-order chi connectivity index (χ0) is 16.1. The molecule has 0 saturated heterocycles. The number of fused-ring (bicyclic) bond motifs is 1. The molecule has 2 aromatic rings. The zero-order valence-electron chi connectivity index (χ0n) is 13.0. The first-order chi connectivity index (χ1) is 10.3. The summed E-state index contributed by atoms with van der Waals surface area (Å²) in [6, 6.07) is 1.93. The summed E-state index contributed by atoms with van der Waals surface area (Å²) in [5, 5.41) is 4.60. The van der Waals surface area contributed by atoms with Gasteiger partial charge in [-0.05, 0) is 52.0 Å². The molecule has 22 heavy (non-hydrogen) atoms. The Balaban J connectivity index is 1.85. The predicted molar refractivity (Wildman–Crippen MR) is 78.0 cm³/mol. The summed E-state index contributed by atoms with van der Waals surface area (Å²) >= 11 is 0. The van der Waals surface area contributed by atoms with Crippen LogP contribution in [0.5, 0.6) is 0 Å². The van der Waals surface area contributed by atoms with Gasteiger partial charge in [0.1, 0.15) is 0 Å². The lowest BCUT2D eigenvalue weighted by Crippen LogP contribution is -2.27. The maximum atomic E-state index is 12.8. The van der Waals surface area contributed by atoms with E-state index in [1.165, 1.54) is 0 Å². The van der Waals surface area contributed by atoms with Crippen molar-refractivity contribution in [3.05, 3.63) is 28.7 Å². The van der Waals surface area contributed by atoms with Crippen LogP contribution in [0.1, 0.15) is 54.2 Å². The van der Waals surface area contributed by atoms with Gasteiger partial charge in [-0.25, -0.2) is 9.50 Å². The number of nitrogens with zero attached hydrogens (tertiary/aromatic N) is 3. The van der Waals surface area contributed by atoms with E-state index in [1.54, 1.807) is 0 Å². The molecule has 120 valence electrons. The molecule has 3 rings (SSSR count). The van der Waals surface area contributed by atoms with Crippen molar-refractivity contribution in [2.75, 3.05) is 0 Å². The van der Waals surface area contributed by atoms with Crippen molar-refractivity contribution in [1.82, 2.24) is 14.6 Å². The van der Waals surface area contributed by atoms with Crippen molar-refractivity contribution in [2.45, 2.75) is 58.5 Å². The third kappa shape index (κ3) is 2.59. The molecular formula is C16H20F3N3. The van der Waals surface area contributed by atoms with Crippen molar-refractivity contribution >= 4 is 5.65 Å². The monoisotopic (exact) mass is 311 g/mol. The van der Waals surface area contributed by atoms with Gasteiger partial charge >= 0.3 is 6.18 Å². The summed E-state index contributed by atoms with van der Waals surface area (Å²) in [5.74, 6) is -1.04. The minimum Gasteiger partial charge on any atom is -0.234 e. The average molecular weight is 311 g/mol. The summed E-state index contributed by atoms with van der Waals surface area (Å²) in [6.07, 6.45) is -2.56. The van der Waals surface area contributed by atoms with Crippen LogP contribution in [0.25, 0.3) is 5.65 Å². The van der Waals surface area contributed by atoms with Gasteiger partial charge in [-0.3, -0.25) is 0 Å². The Hall–Kier alpha value is -1.59. The molecule has 0 atom stereocenters. The van der Waals surface area contributed by atoms with E-state index in [0.29, 0.717) is 12.8 Å². The highest BCUT2D eigenvalue weighted by molar-refractivity contribution is 5.44. The Kier molecular flexibility index (Phi) is 3.65. The summed E-state index contributed by atoms with van der Waals surface area (Å²) in [6.45, 7) is 5.96. The number of aromatic nitrogens is 3. The van der Waals surface area contributed by atoms with E-state index in [1.807, 2.05) is 31.4 Å². The van der Waals surface area contributed by atoms with Gasteiger partial charge in [0.15, 0.2) is 5.65 Å². The number of aryl methyl sites for hydroxylation is 2. The van der Waals surface area contributed by atoms with E-state index in [-0.39, 0.29) is 18.8 Å². The molecule has 1 aliphatic rings. The Morgan fingerprint density at radius 2 is 1.73 bits per heavy atom. The van der Waals surface area contributed by atoms with Crippen LogP contribution < -0.4 is 0 Å². The second-order valence-electron chi connectivity index (χ2n) is 6.34. The van der Waals surface area contributed by atoms with Crippen LogP contribution in [-0.4, -0.2) is 20.8 Å². The normalized spacial score (nSPS) is 23.2. The molecule has 6 heteroatoms. The fourth-order valence-electron chi connectivity index (χ4n) is 3.31. The van der Waals surface area contributed by atoms with Crippen molar-refractivity contribution in [2.24, 2.45) is 5.92 Å². The van der Waals surface area contributed by atoms with Crippen molar-refractivity contribution in [3.63, 3.8) is 0 Å². The number of hydrogen-bond acceptors (Lipinski definition) is 2. The maximum Gasteiger partial charge on any atom is 0.391 e. The third-order valence-electron chi connectivity index (χ3n) is 5.00. The van der Waals surface area contributed by atoms with Crippen LogP contribution >= 0.6 is 0 Å². The number of rotatable bonds is 1. The van der Waals surface area contributed by atoms with Crippen LogP contribution in [0.15, 0.2) is 6.07 Å². The highest BCUT2D eigenvalue weighted by atomic mass is 19.4. The van der Waals surface area contributed by atoms with Crippen LogP contribution in [0.3, 0.4) is 0 Å². The molecule has 0 bridgehead atoms. The zero-order valence-corrected chi connectivity index (χ0v) is 13.0. The Labute approximate surface area is 127 Å². The standard InChI is InChI=1S/C16H20F3N3/c1-9-10(2)20-15-8-14(21-22(15)11(9)3)12-4-6-13(7-5-12)16(17,18)19/h8,12-13H,4-7H2,1-3H3. The minimum atomic E-state index is -4.06. The van der Waals surface area contributed by atoms with E-state index in [4.69, 9.17) is 0 Å². The van der Waals surface area contributed by atoms with Gasteiger partial charge < -0.3 is 0 Å². The molecule has 1 fully saturated rings. The molecule has 0 radical (unpaired) electrons. The lowest BCUT2D eigenvalue weighted by atomic mass is 9.80. The van der Waals surface area contributed by atoms with E-state index < -0.39 is 12.1 Å². The molecule has 1 aliphatic carbocycles. The second kappa shape index (κ2) is 5.25. The Bertz CT molecular complexity index is 695. The van der Waals surface area contributed by atoms with Gasteiger partial charge in [-0.1, -0.05) is 0 Å². The third-order valence-corrected chi connectivity index (χ3v) is 5.00. The molecule has 0 spiro atoms. The van der Waals surface area contributed by atoms with E-state index in [0.717, 1.165) is 28.3 Å². The fraction of sp³-hybridized carbons (Fsp3) is 0.625. The minimum absolute atomic E-state index is 0.111. The predicted octanol–water partition coefficient (Wildman–Crippen LogP) is 4.49. The summed E-state index contributed by atoms with van der Waals surface area (Å²) < 4.78 is 40.1. The van der Waals surface area contributed by atoms with Crippen LogP contribution in [0.4, 0.5) is 13.2 Å². The molecule has 0 N–H and O–H groups in total. The van der Waals surface area contributed by atoms with Crippen LogP contribution in [0.2, 0.25) is 0 Å². The van der Waals surface area contributed by atoms with Crippen molar-refractivity contribution in [3.8, 4) is 0 Å². The van der Waals surface area contributed by atoms with Crippen LogP contribution in [0, 0.1) is 26.7 Å². The van der Waals surface area contributed by atoms with Gasteiger partial charge in [0.25, 0.3) is 0 Å². The number of hydrogen-bond donors (Lipinski definition) is 0. The highest BCUT2D eigenvalue weighted by Gasteiger charge is 2.41. The lowest BCUT2D eigenvalue weighted by Gasteiger charge is -2.28. The van der Waals surface area contributed by atoms with Gasteiger partial charge in [0.2, 0.25) is 0 Å².